The number of para-hydroxylation sites is 2. The summed E-state index contributed by atoms with van der Waals surface area (Å²) in [5.41, 5.74) is 3.95. The van der Waals surface area contributed by atoms with Crippen LogP contribution in [0.4, 0.5) is 10.5 Å². The highest BCUT2D eigenvalue weighted by Gasteiger charge is 2.16. The van der Waals surface area contributed by atoms with Crippen molar-refractivity contribution in [1.82, 2.24) is 4.90 Å². The second-order valence-corrected chi connectivity index (χ2v) is 6.87. The fourth-order valence-corrected chi connectivity index (χ4v) is 3.13. The van der Waals surface area contributed by atoms with Crippen LogP contribution in [0.15, 0.2) is 90.5 Å². The lowest BCUT2D eigenvalue weighted by atomic mass is 10.1. The zero-order chi connectivity index (χ0) is 20.5. The van der Waals surface area contributed by atoms with Gasteiger partial charge in [0.05, 0.1) is 12.8 Å². The molecule has 148 valence electrons. The number of nitrogens with one attached hydrogen (secondary N) is 1. The summed E-state index contributed by atoms with van der Waals surface area (Å²) in [5.74, 6) is 0.636. The number of ether oxygens (including phenoxy) is 1. The molecule has 1 N–H and O–H groups in total. The number of methoxy groups -OCH3 is 1. The van der Waals surface area contributed by atoms with E-state index in [1.54, 1.807) is 12.0 Å². The van der Waals surface area contributed by atoms with Crippen LogP contribution < -0.4 is 10.1 Å². The van der Waals surface area contributed by atoms with Crippen molar-refractivity contribution in [2.24, 2.45) is 0 Å². The van der Waals surface area contributed by atoms with Gasteiger partial charge in [-0.15, -0.1) is 0 Å². The highest BCUT2D eigenvalue weighted by atomic mass is 16.5. The van der Waals surface area contributed by atoms with Gasteiger partial charge in [0.15, 0.2) is 0 Å². The molecule has 3 aromatic carbocycles. The fraction of sp³-hybridized carbons (Fsp3) is 0.160. The van der Waals surface area contributed by atoms with E-state index in [0.29, 0.717) is 24.5 Å². The van der Waals surface area contributed by atoms with Gasteiger partial charge in [-0.25, -0.2) is 4.79 Å². The summed E-state index contributed by atoms with van der Waals surface area (Å²) in [7, 11) is 1.60. The zero-order valence-electron chi connectivity index (χ0n) is 16.8. The van der Waals surface area contributed by atoms with Crippen LogP contribution in [0.25, 0.3) is 6.08 Å². The lowest BCUT2D eigenvalue weighted by molar-refractivity contribution is 0.213. The van der Waals surface area contributed by atoms with Crippen molar-refractivity contribution >= 4 is 17.8 Å². The summed E-state index contributed by atoms with van der Waals surface area (Å²) < 4.78 is 5.36. The standard InChI is InChI=1S/C25H26N2O2/c1-20(17-21-11-5-3-6-12-21)18-27(19-22-13-7-4-8-14-22)25(28)26-23-15-9-10-16-24(23)29-2/h3-17H,18-19H2,1-2H3,(H,26,28). The van der Waals surface area contributed by atoms with Crippen LogP contribution in [0.5, 0.6) is 5.75 Å². The maximum absolute atomic E-state index is 13.1. The van der Waals surface area contributed by atoms with Gasteiger partial charge in [0, 0.05) is 13.1 Å². The second kappa shape index (κ2) is 10.1. The maximum atomic E-state index is 13.1. The molecule has 0 radical (unpaired) electrons. The van der Waals surface area contributed by atoms with E-state index < -0.39 is 0 Å². The minimum absolute atomic E-state index is 0.167. The Bertz CT molecular complexity index is 953. The molecule has 0 aliphatic heterocycles. The number of hydrogen-bond donors (Lipinski definition) is 1. The van der Waals surface area contributed by atoms with Crippen LogP contribution in [-0.4, -0.2) is 24.6 Å². The van der Waals surface area contributed by atoms with Crippen molar-refractivity contribution < 1.29 is 9.53 Å². The summed E-state index contributed by atoms with van der Waals surface area (Å²) in [4.78, 5) is 14.9. The number of benzene rings is 3. The molecule has 0 heterocycles. The molecule has 4 nitrogen and oxygen atoms in total. The summed E-state index contributed by atoms with van der Waals surface area (Å²) in [6.07, 6.45) is 2.11. The summed E-state index contributed by atoms with van der Waals surface area (Å²) in [6.45, 7) is 3.08. The van der Waals surface area contributed by atoms with E-state index in [1.165, 1.54) is 0 Å². The minimum Gasteiger partial charge on any atom is -0.495 e. The quantitative estimate of drug-likeness (QED) is 0.555. The molecule has 3 aromatic rings. The Hall–Kier alpha value is -3.53. The number of nitrogens with zero attached hydrogens (tertiary/aromatic N) is 1. The van der Waals surface area contributed by atoms with E-state index in [-0.39, 0.29) is 6.03 Å². The Morgan fingerprint density at radius 1 is 0.931 bits per heavy atom. The van der Waals surface area contributed by atoms with Crippen LogP contribution in [0.1, 0.15) is 18.1 Å². The first-order chi connectivity index (χ1) is 14.2. The topological polar surface area (TPSA) is 41.6 Å². The molecule has 2 amide bonds. The summed E-state index contributed by atoms with van der Waals surface area (Å²) in [5, 5.41) is 2.99. The molecule has 29 heavy (non-hydrogen) atoms. The molecule has 0 fully saturated rings. The van der Waals surface area contributed by atoms with E-state index in [2.05, 4.69) is 23.5 Å². The highest BCUT2D eigenvalue weighted by Crippen LogP contribution is 2.24. The molecule has 4 heteroatoms. The van der Waals surface area contributed by atoms with Crippen LogP contribution in [0, 0.1) is 0 Å². The van der Waals surface area contributed by atoms with E-state index in [4.69, 9.17) is 4.74 Å². The van der Waals surface area contributed by atoms with Gasteiger partial charge >= 0.3 is 6.03 Å². The first kappa shape index (κ1) is 20.2. The lowest BCUT2D eigenvalue weighted by Gasteiger charge is -2.24. The van der Waals surface area contributed by atoms with E-state index in [0.717, 1.165) is 16.7 Å². The first-order valence-electron chi connectivity index (χ1n) is 9.61. The number of carbonyl (C=O) groups excluding carboxylic acids is 1. The first-order valence-corrected chi connectivity index (χ1v) is 9.61. The molecule has 0 bridgehead atoms. The van der Waals surface area contributed by atoms with Crippen molar-refractivity contribution in [2.75, 3.05) is 19.0 Å². The van der Waals surface area contributed by atoms with Crippen molar-refractivity contribution in [3.05, 3.63) is 102 Å². The van der Waals surface area contributed by atoms with Gasteiger partial charge in [0.25, 0.3) is 0 Å². The fourth-order valence-electron chi connectivity index (χ4n) is 3.13. The van der Waals surface area contributed by atoms with Gasteiger partial charge in [0.2, 0.25) is 0 Å². The van der Waals surface area contributed by atoms with Gasteiger partial charge in [-0.1, -0.05) is 84.4 Å². The SMILES string of the molecule is COc1ccccc1NC(=O)N(CC(C)=Cc1ccccc1)Cc1ccccc1. The van der Waals surface area contributed by atoms with Crippen LogP contribution in [-0.2, 0) is 6.54 Å². The average molecular weight is 386 g/mol. The van der Waals surface area contributed by atoms with Gasteiger partial charge in [-0.2, -0.15) is 0 Å². The zero-order valence-corrected chi connectivity index (χ0v) is 16.8. The molecular formula is C25H26N2O2. The molecule has 0 spiro atoms. The van der Waals surface area contributed by atoms with Crippen molar-refractivity contribution in [3.8, 4) is 5.75 Å². The van der Waals surface area contributed by atoms with E-state index in [9.17, 15) is 4.79 Å². The van der Waals surface area contributed by atoms with E-state index >= 15 is 0 Å². The number of anilines is 1. The molecule has 0 saturated heterocycles. The third-order valence-electron chi connectivity index (χ3n) is 4.50. The van der Waals surface area contributed by atoms with Crippen LogP contribution >= 0.6 is 0 Å². The predicted molar refractivity (Wildman–Crippen MR) is 119 cm³/mol. The Kier molecular flexibility index (Phi) is 7.06. The molecule has 0 saturated carbocycles. The molecule has 0 atom stereocenters. The monoisotopic (exact) mass is 386 g/mol. The molecule has 0 unspecified atom stereocenters. The predicted octanol–water partition coefficient (Wildman–Crippen LogP) is 5.83. The maximum Gasteiger partial charge on any atom is 0.322 e. The minimum atomic E-state index is -0.167. The molecular weight excluding hydrogens is 360 g/mol. The number of urea groups is 1. The van der Waals surface area contributed by atoms with Gasteiger partial charge in [-0.3, -0.25) is 0 Å². The van der Waals surface area contributed by atoms with Crippen molar-refractivity contribution in [2.45, 2.75) is 13.5 Å². The Morgan fingerprint density at radius 3 is 2.24 bits per heavy atom. The molecule has 3 rings (SSSR count). The largest absolute Gasteiger partial charge is 0.495 e. The summed E-state index contributed by atoms with van der Waals surface area (Å²) >= 11 is 0. The third-order valence-corrected chi connectivity index (χ3v) is 4.50. The summed E-state index contributed by atoms with van der Waals surface area (Å²) in [6, 6.07) is 27.4. The van der Waals surface area contributed by atoms with E-state index in [1.807, 2.05) is 79.7 Å². The van der Waals surface area contributed by atoms with Crippen LogP contribution in [0.3, 0.4) is 0 Å². The average Bonchev–Trinajstić information content (AvgIpc) is 2.75. The van der Waals surface area contributed by atoms with Crippen LogP contribution in [0.2, 0.25) is 0 Å². The second-order valence-electron chi connectivity index (χ2n) is 6.87. The number of hydrogen-bond acceptors (Lipinski definition) is 2. The molecule has 0 aromatic heterocycles. The number of rotatable bonds is 7. The van der Waals surface area contributed by atoms with Gasteiger partial charge in [-0.05, 0) is 30.2 Å². The third kappa shape index (κ3) is 5.98. The van der Waals surface area contributed by atoms with Gasteiger partial charge < -0.3 is 15.0 Å². The smallest absolute Gasteiger partial charge is 0.322 e. The molecule has 0 aliphatic rings. The Morgan fingerprint density at radius 2 is 1.55 bits per heavy atom. The van der Waals surface area contributed by atoms with Crippen molar-refractivity contribution in [1.29, 1.82) is 0 Å². The number of carbonyl (C=O) groups is 1. The number of amides is 2. The molecule has 0 aliphatic carbocycles. The van der Waals surface area contributed by atoms with Gasteiger partial charge in [0.1, 0.15) is 5.75 Å². The Balaban J connectivity index is 1.80. The van der Waals surface area contributed by atoms with Crippen molar-refractivity contribution in [3.63, 3.8) is 0 Å². The Labute approximate surface area is 172 Å². The lowest BCUT2D eigenvalue weighted by Crippen LogP contribution is -2.35. The normalized spacial score (nSPS) is 11.0. The highest BCUT2D eigenvalue weighted by molar-refractivity contribution is 5.91.